The highest BCUT2D eigenvalue weighted by Gasteiger charge is 2.37. The summed E-state index contributed by atoms with van der Waals surface area (Å²) in [5, 5.41) is 0.0702. The number of nitrogens with zero attached hydrogens (tertiary/aromatic N) is 3. The summed E-state index contributed by atoms with van der Waals surface area (Å²) < 4.78 is 27.7. The lowest BCUT2D eigenvalue weighted by molar-refractivity contribution is 0.396. The second-order valence-electron chi connectivity index (χ2n) is 6.19. The van der Waals surface area contributed by atoms with Crippen LogP contribution in [0.5, 0.6) is 0 Å². The molecule has 0 spiro atoms. The van der Waals surface area contributed by atoms with E-state index in [2.05, 4.69) is 4.98 Å². The summed E-state index contributed by atoms with van der Waals surface area (Å²) in [5.41, 5.74) is 2.01. The van der Waals surface area contributed by atoms with Gasteiger partial charge in [0.15, 0.2) is 5.15 Å². The Hall–Kier alpha value is -1.34. The highest BCUT2D eigenvalue weighted by atomic mass is 35.5. The van der Waals surface area contributed by atoms with E-state index in [0.29, 0.717) is 6.54 Å². The van der Waals surface area contributed by atoms with E-state index in [1.165, 1.54) is 16.4 Å². The molecule has 2 heterocycles. The van der Waals surface area contributed by atoms with Crippen LogP contribution in [-0.2, 0) is 10.0 Å². The normalized spacial score (nSPS) is 18.5. The molecule has 0 bridgehead atoms. The quantitative estimate of drug-likeness (QED) is 0.729. The summed E-state index contributed by atoms with van der Waals surface area (Å²) in [6.07, 6.45) is 1.57. The van der Waals surface area contributed by atoms with Gasteiger partial charge in [-0.2, -0.15) is 4.31 Å². The van der Waals surface area contributed by atoms with Crippen LogP contribution in [0.1, 0.15) is 24.4 Å². The van der Waals surface area contributed by atoms with Crippen molar-refractivity contribution in [2.45, 2.75) is 23.8 Å². The lowest BCUT2D eigenvalue weighted by Gasteiger charge is -2.25. The van der Waals surface area contributed by atoms with Crippen molar-refractivity contribution in [2.75, 3.05) is 25.5 Å². The van der Waals surface area contributed by atoms with Crippen LogP contribution >= 0.6 is 23.2 Å². The molecule has 1 aliphatic rings. The molecule has 1 saturated heterocycles. The van der Waals surface area contributed by atoms with Crippen LogP contribution in [0.15, 0.2) is 41.3 Å². The number of benzene rings is 1. The lowest BCUT2D eigenvalue weighted by atomic mass is 10.0. The van der Waals surface area contributed by atoms with Crippen molar-refractivity contribution in [3.8, 4) is 0 Å². The van der Waals surface area contributed by atoms with E-state index in [1.807, 2.05) is 43.3 Å². The Kier molecular flexibility index (Phi) is 5.25. The fourth-order valence-electron chi connectivity index (χ4n) is 3.09. The maximum absolute atomic E-state index is 13.1. The molecule has 134 valence electrons. The Labute approximate surface area is 158 Å². The summed E-state index contributed by atoms with van der Waals surface area (Å²) in [4.78, 5) is 5.86. The number of anilines is 1. The van der Waals surface area contributed by atoms with Gasteiger partial charge in [-0.15, -0.1) is 0 Å². The molecule has 0 amide bonds. The molecule has 0 aliphatic carbocycles. The molecule has 1 aromatic heterocycles. The van der Waals surface area contributed by atoms with Gasteiger partial charge in [-0.1, -0.05) is 35.3 Å². The fourth-order valence-corrected chi connectivity index (χ4v) is 5.41. The van der Waals surface area contributed by atoms with Crippen molar-refractivity contribution >= 4 is 38.9 Å². The summed E-state index contributed by atoms with van der Waals surface area (Å²) in [7, 11) is 0.170. The first-order valence-electron chi connectivity index (χ1n) is 7.92. The standard InChI is InChI=1S/C17H19Cl2N3O2S/c1-21(2)13-6-3-5-12(11-13)14-7-4-10-22(14)25(23,24)15-8-9-16(18)20-17(15)19/h3,5-6,8-9,11,14H,4,7,10H2,1-2H3. The van der Waals surface area contributed by atoms with E-state index >= 15 is 0 Å². The van der Waals surface area contributed by atoms with Gasteiger partial charge < -0.3 is 4.90 Å². The number of aromatic nitrogens is 1. The molecular formula is C17H19Cl2N3O2S. The van der Waals surface area contributed by atoms with Gasteiger partial charge in [-0.05, 0) is 42.7 Å². The van der Waals surface area contributed by atoms with Gasteiger partial charge in [0.25, 0.3) is 0 Å². The highest BCUT2D eigenvalue weighted by Crippen LogP contribution is 2.38. The topological polar surface area (TPSA) is 53.5 Å². The van der Waals surface area contributed by atoms with Crippen molar-refractivity contribution in [1.82, 2.24) is 9.29 Å². The van der Waals surface area contributed by atoms with Gasteiger partial charge in [0.2, 0.25) is 10.0 Å². The van der Waals surface area contributed by atoms with Crippen LogP contribution in [-0.4, -0.2) is 38.3 Å². The summed E-state index contributed by atoms with van der Waals surface area (Å²) in [6, 6.07) is 10.6. The van der Waals surface area contributed by atoms with Crippen molar-refractivity contribution in [3.63, 3.8) is 0 Å². The number of pyridine rings is 1. The zero-order valence-corrected chi connectivity index (χ0v) is 16.3. The first-order chi connectivity index (χ1) is 11.8. The average Bonchev–Trinajstić information content (AvgIpc) is 3.05. The average molecular weight is 400 g/mol. The molecule has 0 N–H and O–H groups in total. The van der Waals surface area contributed by atoms with Gasteiger partial charge in [-0.25, -0.2) is 13.4 Å². The molecule has 1 fully saturated rings. The maximum atomic E-state index is 13.1. The minimum Gasteiger partial charge on any atom is -0.378 e. The fraction of sp³-hybridized carbons (Fsp3) is 0.353. The number of rotatable bonds is 4. The third kappa shape index (κ3) is 3.62. The SMILES string of the molecule is CN(C)c1cccc(C2CCCN2S(=O)(=O)c2ccc(Cl)nc2Cl)c1. The van der Waals surface area contributed by atoms with E-state index < -0.39 is 10.0 Å². The smallest absolute Gasteiger partial charge is 0.246 e. The monoisotopic (exact) mass is 399 g/mol. The van der Waals surface area contributed by atoms with E-state index in [4.69, 9.17) is 23.2 Å². The third-order valence-corrected chi connectivity index (χ3v) is 6.89. The molecule has 1 unspecified atom stereocenters. The summed E-state index contributed by atoms with van der Waals surface area (Å²) >= 11 is 11.8. The third-order valence-electron chi connectivity index (χ3n) is 4.34. The van der Waals surface area contributed by atoms with Crippen LogP contribution in [0.4, 0.5) is 5.69 Å². The molecule has 2 aromatic rings. The largest absolute Gasteiger partial charge is 0.378 e. The van der Waals surface area contributed by atoms with Gasteiger partial charge in [0.1, 0.15) is 10.0 Å². The van der Waals surface area contributed by atoms with Crippen molar-refractivity contribution < 1.29 is 8.42 Å². The molecule has 3 rings (SSSR count). The van der Waals surface area contributed by atoms with Crippen LogP contribution in [0.25, 0.3) is 0 Å². The van der Waals surface area contributed by atoms with E-state index in [-0.39, 0.29) is 21.2 Å². The van der Waals surface area contributed by atoms with E-state index in [1.54, 1.807) is 0 Å². The maximum Gasteiger partial charge on any atom is 0.246 e. The molecule has 1 atom stereocenters. The Morgan fingerprint density at radius 3 is 2.64 bits per heavy atom. The van der Waals surface area contributed by atoms with Crippen molar-refractivity contribution in [3.05, 3.63) is 52.3 Å². The minimum atomic E-state index is -3.75. The number of sulfonamides is 1. The molecule has 1 aliphatic heterocycles. The second kappa shape index (κ2) is 7.11. The summed E-state index contributed by atoms with van der Waals surface area (Å²) in [5.74, 6) is 0. The minimum absolute atomic E-state index is 0.00534. The first kappa shape index (κ1) is 18.5. The van der Waals surface area contributed by atoms with Gasteiger partial charge in [-0.3, -0.25) is 0 Å². The van der Waals surface area contributed by atoms with Crippen LogP contribution in [0.2, 0.25) is 10.3 Å². The highest BCUT2D eigenvalue weighted by molar-refractivity contribution is 7.89. The molecular weight excluding hydrogens is 381 g/mol. The van der Waals surface area contributed by atoms with E-state index in [0.717, 1.165) is 24.1 Å². The predicted octanol–water partition coefficient (Wildman–Crippen LogP) is 3.98. The number of halogens is 2. The van der Waals surface area contributed by atoms with E-state index in [9.17, 15) is 8.42 Å². The second-order valence-corrected chi connectivity index (χ2v) is 8.79. The zero-order valence-electron chi connectivity index (χ0n) is 14.0. The molecule has 0 saturated carbocycles. The Balaban J connectivity index is 2.00. The first-order valence-corrected chi connectivity index (χ1v) is 10.1. The number of hydrogen-bond donors (Lipinski definition) is 0. The Bertz CT molecular complexity index is 887. The molecule has 25 heavy (non-hydrogen) atoms. The van der Waals surface area contributed by atoms with Crippen LogP contribution in [0, 0.1) is 0 Å². The van der Waals surface area contributed by atoms with Gasteiger partial charge in [0, 0.05) is 26.3 Å². The summed E-state index contributed by atoms with van der Waals surface area (Å²) in [6.45, 7) is 0.456. The van der Waals surface area contributed by atoms with Gasteiger partial charge in [0.05, 0.1) is 6.04 Å². The molecule has 1 aromatic carbocycles. The predicted molar refractivity (Wildman–Crippen MR) is 101 cm³/mol. The zero-order chi connectivity index (χ0) is 18.2. The molecule has 0 radical (unpaired) electrons. The van der Waals surface area contributed by atoms with Crippen molar-refractivity contribution in [2.24, 2.45) is 0 Å². The molecule has 5 nitrogen and oxygen atoms in total. The van der Waals surface area contributed by atoms with Crippen molar-refractivity contribution in [1.29, 1.82) is 0 Å². The Morgan fingerprint density at radius 1 is 1.20 bits per heavy atom. The Morgan fingerprint density at radius 2 is 1.96 bits per heavy atom. The van der Waals surface area contributed by atoms with Gasteiger partial charge >= 0.3 is 0 Å². The lowest BCUT2D eigenvalue weighted by Crippen LogP contribution is -2.31. The van der Waals surface area contributed by atoms with Crippen LogP contribution < -0.4 is 4.90 Å². The number of hydrogen-bond acceptors (Lipinski definition) is 4. The van der Waals surface area contributed by atoms with Crippen LogP contribution in [0.3, 0.4) is 0 Å². The molecule has 8 heteroatoms.